The lowest BCUT2D eigenvalue weighted by Gasteiger charge is -2.14. The van der Waals surface area contributed by atoms with Crippen LogP contribution in [0.4, 0.5) is 5.69 Å². The van der Waals surface area contributed by atoms with Gasteiger partial charge < -0.3 is 21.5 Å². The Morgan fingerprint density at radius 2 is 2.06 bits per heavy atom. The van der Waals surface area contributed by atoms with E-state index in [4.69, 9.17) is 39.4 Å². The number of hydrogen-bond acceptors (Lipinski definition) is 4. The Labute approximate surface area is 105 Å². The highest BCUT2D eigenvalue weighted by atomic mass is 35.5. The van der Waals surface area contributed by atoms with Crippen molar-refractivity contribution in [1.82, 2.24) is 0 Å². The summed E-state index contributed by atoms with van der Waals surface area (Å²) in [6.45, 7) is 0.952. The molecule has 0 aliphatic carbocycles. The first-order valence-corrected chi connectivity index (χ1v) is 5.56. The molecule has 0 heterocycles. The molecule has 4 nitrogen and oxygen atoms in total. The number of rotatable bonds is 5. The molecule has 1 rings (SSSR count). The van der Waals surface area contributed by atoms with E-state index in [1.807, 2.05) is 0 Å². The zero-order chi connectivity index (χ0) is 12.1. The van der Waals surface area contributed by atoms with E-state index >= 15 is 0 Å². The summed E-state index contributed by atoms with van der Waals surface area (Å²) in [5, 5.41) is 4.11. The minimum absolute atomic E-state index is 0.114. The Hall–Kier alpha value is -0.680. The summed E-state index contributed by atoms with van der Waals surface area (Å²) in [4.78, 5) is 0. The first-order valence-electron chi connectivity index (χ1n) is 4.81. The Morgan fingerprint density at radius 1 is 1.38 bits per heavy atom. The van der Waals surface area contributed by atoms with Crippen molar-refractivity contribution in [3.63, 3.8) is 0 Å². The van der Waals surface area contributed by atoms with E-state index in [-0.39, 0.29) is 6.04 Å². The fraction of sp³-hybridized carbons (Fsp3) is 0.400. The molecule has 0 saturated heterocycles. The Morgan fingerprint density at radius 3 is 2.62 bits per heavy atom. The van der Waals surface area contributed by atoms with Gasteiger partial charge in [-0.15, -0.1) is 0 Å². The number of benzene rings is 1. The predicted octanol–water partition coefficient (Wildman–Crippen LogP) is 1.70. The third-order valence-electron chi connectivity index (χ3n) is 2.10. The largest absolute Gasteiger partial charge is 0.495 e. The van der Waals surface area contributed by atoms with Crippen molar-refractivity contribution in [2.75, 3.05) is 25.5 Å². The number of methoxy groups -OCH3 is 1. The molecule has 0 radical (unpaired) electrons. The minimum atomic E-state index is -0.114. The van der Waals surface area contributed by atoms with E-state index in [9.17, 15) is 0 Å². The third-order valence-corrected chi connectivity index (χ3v) is 2.71. The molecular formula is C10H15Cl2N3O. The molecule has 5 N–H and O–H groups in total. The van der Waals surface area contributed by atoms with Gasteiger partial charge >= 0.3 is 0 Å². The standard InChI is InChI=1S/C10H15Cl2N3O/c1-16-10-3-7(11)9(2-8(10)12)15-5-6(14)4-13/h2-3,6,15H,4-5,13-14H2,1H3. The monoisotopic (exact) mass is 263 g/mol. The van der Waals surface area contributed by atoms with Crippen molar-refractivity contribution >= 4 is 28.9 Å². The van der Waals surface area contributed by atoms with Crippen LogP contribution in [0.25, 0.3) is 0 Å². The summed E-state index contributed by atoms with van der Waals surface area (Å²) in [6.07, 6.45) is 0. The van der Waals surface area contributed by atoms with Crippen LogP contribution >= 0.6 is 23.2 Å². The molecule has 1 atom stereocenters. The van der Waals surface area contributed by atoms with Gasteiger partial charge in [0.1, 0.15) is 5.75 Å². The lowest BCUT2D eigenvalue weighted by Crippen LogP contribution is -2.36. The van der Waals surface area contributed by atoms with Crippen molar-refractivity contribution in [3.05, 3.63) is 22.2 Å². The van der Waals surface area contributed by atoms with E-state index < -0.39 is 0 Å². The van der Waals surface area contributed by atoms with Gasteiger partial charge in [0.15, 0.2) is 0 Å². The normalized spacial score (nSPS) is 12.3. The highest BCUT2D eigenvalue weighted by Gasteiger charge is 2.08. The molecule has 0 aliphatic rings. The van der Waals surface area contributed by atoms with Crippen molar-refractivity contribution < 1.29 is 4.74 Å². The van der Waals surface area contributed by atoms with E-state index in [2.05, 4.69) is 5.32 Å². The van der Waals surface area contributed by atoms with Crippen LogP contribution in [0.2, 0.25) is 10.0 Å². The van der Waals surface area contributed by atoms with Crippen LogP contribution in [-0.4, -0.2) is 26.2 Å². The zero-order valence-electron chi connectivity index (χ0n) is 8.97. The van der Waals surface area contributed by atoms with Crippen molar-refractivity contribution in [2.24, 2.45) is 11.5 Å². The van der Waals surface area contributed by atoms with Gasteiger partial charge in [-0.05, 0) is 6.07 Å². The van der Waals surface area contributed by atoms with Crippen LogP contribution in [0.15, 0.2) is 12.1 Å². The van der Waals surface area contributed by atoms with Crippen LogP contribution in [0.5, 0.6) is 5.75 Å². The molecular weight excluding hydrogens is 249 g/mol. The second-order valence-corrected chi connectivity index (χ2v) is 4.16. The SMILES string of the molecule is COc1cc(Cl)c(NCC(N)CN)cc1Cl. The topological polar surface area (TPSA) is 73.3 Å². The molecule has 1 aromatic carbocycles. The average molecular weight is 264 g/mol. The smallest absolute Gasteiger partial charge is 0.139 e. The van der Waals surface area contributed by atoms with E-state index in [1.165, 1.54) is 7.11 Å². The number of hydrogen-bond donors (Lipinski definition) is 3. The molecule has 6 heteroatoms. The molecule has 1 aromatic rings. The Bertz CT molecular complexity index is 360. The van der Waals surface area contributed by atoms with Crippen LogP contribution in [0.3, 0.4) is 0 Å². The van der Waals surface area contributed by atoms with Gasteiger partial charge in [-0.2, -0.15) is 0 Å². The molecule has 0 spiro atoms. The van der Waals surface area contributed by atoms with E-state index in [1.54, 1.807) is 12.1 Å². The number of nitrogens with two attached hydrogens (primary N) is 2. The molecule has 0 aliphatic heterocycles. The summed E-state index contributed by atoms with van der Waals surface area (Å²) in [7, 11) is 1.54. The van der Waals surface area contributed by atoms with Gasteiger partial charge in [0.05, 0.1) is 22.8 Å². The molecule has 0 aromatic heterocycles. The maximum Gasteiger partial charge on any atom is 0.139 e. The average Bonchev–Trinajstić information content (AvgIpc) is 2.29. The molecule has 90 valence electrons. The lowest BCUT2D eigenvalue weighted by atomic mass is 10.2. The summed E-state index contributed by atoms with van der Waals surface area (Å²) >= 11 is 12.0. The predicted molar refractivity (Wildman–Crippen MR) is 68.5 cm³/mol. The summed E-state index contributed by atoms with van der Waals surface area (Å²) in [6, 6.07) is 3.24. The molecule has 16 heavy (non-hydrogen) atoms. The fourth-order valence-corrected chi connectivity index (χ4v) is 1.61. The summed E-state index contributed by atoms with van der Waals surface area (Å²) in [5.41, 5.74) is 11.8. The Kier molecular flexibility index (Phi) is 5.15. The van der Waals surface area contributed by atoms with Gasteiger partial charge in [0, 0.05) is 25.2 Å². The van der Waals surface area contributed by atoms with Gasteiger partial charge in [0.2, 0.25) is 0 Å². The zero-order valence-corrected chi connectivity index (χ0v) is 10.5. The summed E-state index contributed by atoms with van der Waals surface area (Å²) in [5.74, 6) is 0.542. The van der Waals surface area contributed by atoms with Crippen molar-refractivity contribution in [3.8, 4) is 5.75 Å². The first kappa shape index (κ1) is 13.4. The minimum Gasteiger partial charge on any atom is -0.495 e. The number of anilines is 1. The number of halogens is 2. The number of ether oxygens (including phenoxy) is 1. The van der Waals surface area contributed by atoms with Crippen molar-refractivity contribution in [1.29, 1.82) is 0 Å². The molecule has 0 bridgehead atoms. The van der Waals surface area contributed by atoms with Gasteiger partial charge in [-0.1, -0.05) is 23.2 Å². The quantitative estimate of drug-likeness (QED) is 0.756. The lowest BCUT2D eigenvalue weighted by molar-refractivity contribution is 0.415. The van der Waals surface area contributed by atoms with E-state index in [0.29, 0.717) is 28.9 Å². The molecule has 0 fully saturated rings. The fourth-order valence-electron chi connectivity index (χ4n) is 1.14. The first-order chi connectivity index (χ1) is 7.58. The number of nitrogens with one attached hydrogen (secondary N) is 1. The molecule has 0 saturated carbocycles. The second-order valence-electron chi connectivity index (χ2n) is 3.34. The van der Waals surface area contributed by atoms with Crippen LogP contribution in [0, 0.1) is 0 Å². The highest BCUT2D eigenvalue weighted by Crippen LogP contribution is 2.33. The molecule has 0 amide bonds. The van der Waals surface area contributed by atoms with E-state index in [0.717, 1.165) is 5.69 Å². The summed E-state index contributed by atoms with van der Waals surface area (Å²) < 4.78 is 5.04. The van der Waals surface area contributed by atoms with Crippen molar-refractivity contribution in [2.45, 2.75) is 6.04 Å². The second kappa shape index (κ2) is 6.15. The Balaban J connectivity index is 2.77. The maximum atomic E-state index is 6.03. The maximum absolute atomic E-state index is 6.03. The highest BCUT2D eigenvalue weighted by molar-refractivity contribution is 6.36. The van der Waals surface area contributed by atoms with Crippen LogP contribution in [0.1, 0.15) is 0 Å². The van der Waals surface area contributed by atoms with Gasteiger partial charge in [0.25, 0.3) is 0 Å². The van der Waals surface area contributed by atoms with Crippen LogP contribution in [-0.2, 0) is 0 Å². The van der Waals surface area contributed by atoms with Gasteiger partial charge in [-0.3, -0.25) is 0 Å². The molecule has 1 unspecified atom stereocenters. The van der Waals surface area contributed by atoms with Gasteiger partial charge in [-0.25, -0.2) is 0 Å². The van der Waals surface area contributed by atoms with Crippen LogP contribution < -0.4 is 21.5 Å². The third kappa shape index (κ3) is 3.42.